The minimum absolute atomic E-state index is 0. The number of fused-ring (bicyclic) bond motifs is 6. The molecule has 0 saturated carbocycles. The zero-order valence-electron chi connectivity index (χ0n) is 9.89. The molecule has 0 aromatic carbocycles. The Morgan fingerprint density at radius 3 is 1.33 bits per heavy atom. The smallest absolute Gasteiger partial charge is 0.119 e. The lowest BCUT2D eigenvalue weighted by atomic mass is 10.4. The fraction of sp³-hybridized carbons (Fsp3) is 1.00. The van der Waals surface area contributed by atoms with Crippen LogP contribution in [-0.2, 0) is 0 Å². The van der Waals surface area contributed by atoms with Gasteiger partial charge in [-0.15, -0.1) is 12.4 Å². The summed E-state index contributed by atoms with van der Waals surface area (Å²) in [7, 11) is 6.58. The van der Waals surface area contributed by atoms with Gasteiger partial charge in [-0.3, -0.25) is 18.9 Å². The lowest BCUT2D eigenvalue weighted by Crippen LogP contribution is -2.49. The zero-order chi connectivity index (χ0) is 10.1. The first kappa shape index (κ1) is 13.6. The fourth-order valence-electron chi connectivity index (χ4n) is 2.24. The molecule has 3 aliphatic heterocycles. The predicted molar refractivity (Wildman–Crippen MR) is 68.5 cm³/mol. The van der Waals surface area contributed by atoms with Gasteiger partial charge in [-0.05, 0) is 21.1 Å². The normalized spacial score (nSPS) is 35.4. The highest BCUT2D eigenvalue weighted by molar-refractivity contribution is 7.50. The van der Waals surface area contributed by atoms with Crippen molar-refractivity contribution in [3.63, 3.8) is 0 Å². The summed E-state index contributed by atoms with van der Waals surface area (Å²) in [5, 5.41) is 0. The Morgan fingerprint density at radius 2 is 1.00 bits per heavy atom. The van der Waals surface area contributed by atoms with Crippen molar-refractivity contribution in [2.75, 3.05) is 60.4 Å². The molecule has 3 rings (SSSR count). The second kappa shape index (κ2) is 5.76. The molecule has 0 radical (unpaired) electrons. The molecule has 2 bridgehead atoms. The van der Waals surface area contributed by atoms with Gasteiger partial charge < -0.3 is 0 Å². The van der Waals surface area contributed by atoms with E-state index in [0.29, 0.717) is 0 Å². The summed E-state index contributed by atoms with van der Waals surface area (Å²) in [5.74, 6) is 0. The maximum atomic E-state index is 2.58. The topological polar surface area (TPSA) is 13.0 Å². The number of likely N-dealkylation sites (N-methyl/N-ethyl adjacent to an activating group) is 3. The van der Waals surface area contributed by atoms with Gasteiger partial charge in [-0.2, -0.15) is 0 Å². The largest absolute Gasteiger partial charge is 0.299 e. The van der Waals surface area contributed by atoms with E-state index in [1.807, 2.05) is 0 Å². The van der Waals surface area contributed by atoms with Crippen LogP contribution in [0.1, 0.15) is 0 Å². The Bertz CT molecular complexity index is 173. The Labute approximate surface area is 101 Å². The number of hydrogen-bond donors (Lipinski definition) is 0. The molecule has 3 heterocycles. The van der Waals surface area contributed by atoms with Crippen molar-refractivity contribution in [2.45, 2.75) is 0 Å². The van der Waals surface area contributed by atoms with E-state index in [-0.39, 0.29) is 20.8 Å². The van der Waals surface area contributed by atoms with Crippen LogP contribution in [0.4, 0.5) is 0 Å². The van der Waals surface area contributed by atoms with Gasteiger partial charge in [0.25, 0.3) is 0 Å². The first-order valence-corrected chi connectivity index (χ1v) is 6.54. The van der Waals surface area contributed by atoms with Gasteiger partial charge in [0.1, 0.15) is 8.37 Å². The third-order valence-corrected chi connectivity index (χ3v) is 5.57. The van der Waals surface area contributed by atoms with Crippen LogP contribution >= 0.6 is 20.8 Å². The molecule has 3 aliphatic rings. The standard InChI is InChI=1S/C9H21N4P.ClH/c1-10-4-7-13-8-5-11(2)14(10)12(3)6-9-13;/h4-9H2,1-3H3;1H. The van der Waals surface area contributed by atoms with Crippen molar-refractivity contribution in [1.29, 1.82) is 0 Å². The molecule has 0 spiro atoms. The van der Waals surface area contributed by atoms with Crippen molar-refractivity contribution in [3.8, 4) is 0 Å². The average molecular weight is 253 g/mol. The molecule has 15 heavy (non-hydrogen) atoms. The maximum Gasteiger partial charge on any atom is 0.119 e. The summed E-state index contributed by atoms with van der Waals surface area (Å²) >= 11 is 0. The van der Waals surface area contributed by atoms with E-state index in [2.05, 4.69) is 40.1 Å². The molecule has 0 N–H and O–H groups in total. The van der Waals surface area contributed by atoms with E-state index in [1.165, 1.54) is 39.3 Å². The van der Waals surface area contributed by atoms with Crippen molar-refractivity contribution < 1.29 is 0 Å². The van der Waals surface area contributed by atoms with Crippen LogP contribution < -0.4 is 0 Å². The van der Waals surface area contributed by atoms with Gasteiger partial charge in [-0.1, -0.05) is 0 Å². The highest BCUT2D eigenvalue weighted by Gasteiger charge is 2.30. The van der Waals surface area contributed by atoms with Crippen LogP contribution in [0.15, 0.2) is 0 Å². The quantitative estimate of drug-likeness (QED) is 0.590. The molecule has 3 fully saturated rings. The first-order chi connectivity index (χ1) is 6.68. The van der Waals surface area contributed by atoms with Crippen molar-refractivity contribution in [1.82, 2.24) is 18.9 Å². The molecule has 6 heteroatoms. The van der Waals surface area contributed by atoms with E-state index in [1.54, 1.807) is 0 Å². The summed E-state index contributed by atoms with van der Waals surface area (Å²) in [6, 6.07) is 0. The van der Waals surface area contributed by atoms with E-state index < -0.39 is 0 Å². The van der Waals surface area contributed by atoms with E-state index in [0.717, 1.165) is 0 Å². The van der Waals surface area contributed by atoms with Crippen LogP contribution in [-0.4, -0.2) is 79.3 Å². The summed E-state index contributed by atoms with van der Waals surface area (Å²) in [5.41, 5.74) is 0. The highest BCUT2D eigenvalue weighted by Crippen LogP contribution is 2.45. The maximum absolute atomic E-state index is 2.58. The second-order valence-corrected chi connectivity index (χ2v) is 6.84. The molecule has 3 saturated heterocycles. The summed E-state index contributed by atoms with van der Waals surface area (Å²) in [4.78, 5) is 2.58. The molecular weight excluding hydrogens is 231 g/mol. The number of hydrogen-bond acceptors (Lipinski definition) is 4. The molecule has 0 unspecified atom stereocenters. The summed E-state index contributed by atoms with van der Waals surface area (Å²) in [6.45, 7) is 7.37. The van der Waals surface area contributed by atoms with Gasteiger partial charge in [-0.25, -0.2) is 0 Å². The number of nitrogens with zero attached hydrogens (tertiary/aromatic N) is 4. The first-order valence-electron chi connectivity index (χ1n) is 5.34. The predicted octanol–water partition coefficient (Wildman–Crippen LogP) is 0.760. The SMILES string of the molecule is CN1CCN2CCN(C)P1N(C)CC2.Cl. The van der Waals surface area contributed by atoms with Crippen LogP contribution in [0.3, 0.4) is 0 Å². The minimum atomic E-state index is -0.188. The molecular formula is C9H22ClN4P. The zero-order valence-corrected chi connectivity index (χ0v) is 11.6. The molecule has 0 aromatic heterocycles. The lowest BCUT2D eigenvalue weighted by molar-refractivity contribution is 0.189. The molecule has 4 nitrogen and oxygen atoms in total. The third kappa shape index (κ3) is 3.02. The monoisotopic (exact) mass is 252 g/mol. The highest BCUT2D eigenvalue weighted by atomic mass is 35.5. The van der Waals surface area contributed by atoms with Gasteiger partial charge >= 0.3 is 0 Å². The van der Waals surface area contributed by atoms with Crippen LogP contribution in [0, 0.1) is 0 Å². The van der Waals surface area contributed by atoms with Gasteiger partial charge in [0, 0.05) is 39.3 Å². The van der Waals surface area contributed by atoms with Crippen molar-refractivity contribution in [3.05, 3.63) is 0 Å². The molecule has 90 valence electrons. The van der Waals surface area contributed by atoms with Gasteiger partial charge in [0.2, 0.25) is 0 Å². The molecule has 0 amide bonds. The number of halogens is 1. The third-order valence-electron chi connectivity index (χ3n) is 3.14. The fourth-order valence-corrected chi connectivity index (χ4v) is 4.61. The summed E-state index contributed by atoms with van der Waals surface area (Å²) < 4.78 is 7.54. The second-order valence-electron chi connectivity index (χ2n) is 4.25. The van der Waals surface area contributed by atoms with Crippen molar-refractivity contribution >= 4 is 20.8 Å². The van der Waals surface area contributed by atoms with E-state index in [9.17, 15) is 0 Å². The Morgan fingerprint density at radius 1 is 0.667 bits per heavy atom. The molecule has 0 atom stereocenters. The molecule has 0 aromatic rings. The lowest BCUT2D eigenvalue weighted by Gasteiger charge is -2.46. The average Bonchev–Trinajstić information content (AvgIpc) is 2.11. The van der Waals surface area contributed by atoms with Gasteiger partial charge in [0.05, 0.1) is 0 Å². The summed E-state index contributed by atoms with van der Waals surface area (Å²) in [6.07, 6.45) is 0. The number of rotatable bonds is 0. The minimum Gasteiger partial charge on any atom is -0.299 e. The Kier molecular flexibility index (Phi) is 5.23. The van der Waals surface area contributed by atoms with Crippen LogP contribution in [0.2, 0.25) is 0 Å². The Hall–Kier alpha value is 0.560. The van der Waals surface area contributed by atoms with Crippen molar-refractivity contribution in [2.24, 2.45) is 0 Å². The Balaban J connectivity index is 0.00000112. The van der Waals surface area contributed by atoms with E-state index >= 15 is 0 Å². The van der Waals surface area contributed by atoms with Crippen LogP contribution in [0.25, 0.3) is 0 Å². The van der Waals surface area contributed by atoms with E-state index in [4.69, 9.17) is 0 Å². The van der Waals surface area contributed by atoms with Gasteiger partial charge in [0.15, 0.2) is 0 Å². The van der Waals surface area contributed by atoms with Crippen LogP contribution in [0.5, 0.6) is 0 Å². The molecule has 0 aliphatic carbocycles.